The second kappa shape index (κ2) is 5.49. The average Bonchev–Trinajstić information content (AvgIpc) is 2.77. The molecule has 1 atom stereocenters. The first-order chi connectivity index (χ1) is 8.63. The van der Waals surface area contributed by atoms with Crippen LogP contribution < -0.4 is 4.74 Å². The van der Waals surface area contributed by atoms with Crippen molar-refractivity contribution in [3.05, 3.63) is 53.0 Å². The Balaban J connectivity index is 2.43. The molecule has 0 radical (unpaired) electrons. The SMILES string of the molecule is CCOc1ccc(C)cc1C(Cl)c1occc1C. The molecule has 2 nitrogen and oxygen atoms in total. The van der Waals surface area contributed by atoms with Gasteiger partial charge in [-0.05, 0) is 38.5 Å². The highest BCUT2D eigenvalue weighted by Crippen LogP contribution is 2.37. The predicted molar refractivity (Wildman–Crippen MR) is 73.5 cm³/mol. The van der Waals surface area contributed by atoms with Crippen LogP contribution in [-0.4, -0.2) is 6.61 Å². The number of hydrogen-bond donors (Lipinski definition) is 0. The summed E-state index contributed by atoms with van der Waals surface area (Å²) < 4.78 is 11.1. The minimum absolute atomic E-state index is 0.318. The van der Waals surface area contributed by atoms with Crippen molar-refractivity contribution in [2.24, 2.45) is 0 Å². The van der Waals surface area contributed by atoms with Gasteiger partial charge < -0.3 is 9.15 Å². The zero-order chi connectivity index (χ0) is 13.1. The van der Waals surface area contributed by atoms with Gasteiger partial charge in [0.25, 0.3) is 0 Å². The summed E-state index contributed by atoms with van der Waals surface area (Å²) in [6.45, 7) is 6.62. The molecule has 0 spiro atoms. The summed E-state index contributed by atoms with van der Waals surface area (Å²) in [5.41, 5.74) is 3.17. The van der Waals surface area contributed by atoms with Crippen LogP contribution in [-0.2, 0) is 0 Å². The van der Waals surface area contributed by atoms with Gasteiger partial charge in [0.05, 0.1) is 12.9 Å². The number of alkyl halides is 1. The Labute approximate surface area is 113 Å². The predicted octanol–water partition coefficient (Wildman–Crippen LogP) is 4.62. The zero-order valence-corrected chi connectivity index (χ0v) is 11.6. The van der Waals surface area contributed by atoms with Crippen molar-refractivity contribution in [3.8, 4) is 5.75 Å². The second-order valence-corrected chi connectivity index (χ2v) is 4.74. The quantitative estimate of drug-likeness (QED) is 0.752. The van der Waals surface area contributed by atoms with Crippen molar-refractivity contribution in [1.29, 1.82) is 0 Å². The first-order valence-electron chi connectivity index (χ1n) is 6.05. The van der Waals surface area contributed by atoms with E-state index in [4.69, 9.17) is 20.8 Å². The number of aryl methyl sites for hydroxylation is 2. The Morgan fingerprint density at radius 3 is 2.67 bits per heavy atom. The lowest BCUT2D eigenvalue weighted by Gasteiger charge is -2.15. The molecule has 0 amide bonds. The van der Waals surface area contributed by atoms with Crippen LogP contribution in [0.2, 0.25) is 0 Å². The lowest BCUT2D eigenvalue weighted by molar-refractivity contribution is 0.336. The van der Waals surface area contributed by atoms with Crippen molar-refractivity contribution in [2.75, 3.05) is 6.61 Å². The van der Waals surface area contributed by atoms with Gasteiger partial charge in [-0.15, -0.1) is 11.6 Å². The fraction of sp³-hybridized carbons (Fsp3) is 0.333. The van der Waals surface area contributed by atoms with Crippen LogP contribution in [0, 0.1) is 13.8 Å². The van der Waals surface area contributed by atoms with Gasteiger partial charge in [-0.25, -0.2) is 0 Å². The highest BCUT2D eigenvalue weighted by Gasteiger charge is 2.20. The molecular weight excluding hydrogens is 248 g/mol. The number of ether oxygens (including phenoxy) is 1. The average molecular weight is 265 g/mol. The smallest absolute Gasteiger partial charge is 0.129 e. The van der Waals surface area contributed by atoms with Gasteiger partial charge in [-0.2, -0.15) is 0 Å². The molecule has 0 bridgehead atoms. The van der Waals surface area contributed by atoms with Crippen molar-refractivity contribution in [2.45, 2.75) is 26.1 Å². The molecule has 1 unspecified atom stereocenters. The molecule has 0 aliphatic heterocycles. The number of furan rings is 1. The molecular formula is C15H17ClO2. The third-order valence-corrected chi connectivity index (χ3v) is 3.30. The Kier molecular flexibility index (Phi) is 3.97. The molecule has 0 saturated heterocycles. The van der Waals surface area contributed by atoms with Crippen LogP contribution in [0.1, 0.15) is 34.8 Å². The Hall–Kier alpha value is -1.41. The van der Waals surface area contributed by atoms with Gasteiger partial charge >= 0.3 is 0 Å². The molecule has 1 aromatic carbocycles. The highest BCUT2D eigenvalue weighted by molar-refractivity contribution is 6.22. The fourth-order valence-electron chi connectivity index (χ4n) is 1.94. The first kappa shape index (κ1) is 13.0. The molecule has 2 aromatic rings. The summed E-state index contributed by atoms with van der Waals surface area (Å²) in [6, 6.07) is 7.94. The van der Waals surface area contributed by atoms with Crippen LogP contribution in [0.3, 0.4) is 0 Å². The van der Waals surface area contributed by atoms with Crippen molar-refractivity contribution < 1.29 is 9.15 Å². The lowest BCUT2D eigenvalue weighted by atomic mass is 10.0. The fourth-order valence-corrected chi connectivity index (χ4v) is 2.33. The Morgan fingerprint density at radius 2 is 2.06 bits per heavy atom. The standard InChI is InChI=1S/C15H17ClO2/c1-4-17-13-6-5-10(2)9-12(13)14(16)15-11(3)7-8-18-15/h5-9,14H,4H2,1-3H3. The Bertz CT molecular complexity index is 531. The number of hydrogen-bond acceptors (Lipinski definition) is 2. The Morgan fingerprint density at radius 1 is 1.28 bits per heavy atom. The van der Waals surface area contributed by atoms with E-state index < -0.39 is 0 Å². The minimum Gasteiger partial charge on any atom is -0.494 e. The third kappa shape index (κ3) is 2.54. The van der Waals surface area contributed by atoms with E-state index in [0.717, 1.165) is 28.2 Å². The minimum atomic E-state index is -0.318. The summed E-state index contributed by atoms with van der Waals surface area (Å²) in [6.07, 6.45) is 1.66. The van der Waals surface area contributed by atoms with Crippen LogP contribution in [0.4, 0.5) is 0 Å². The summed E-state index contributed by atoms with van der Waals surface area (Å²) >= 11 is 6.52. The summed E-state index contributed by atoms with van der Waals surface area (Å²) in [4.78, 5) is 0. The van der Waals surface area contributed by atoms with Gasteiger partial charge in [0.1, 0.15) is 16.9 Å². The molecule has 0 saturated carbocycles. The maximum absolute atomic E-state index is 6.52. The second-order valence-electron chi connectivity index (χ2n) is 4.30. The van der Waals surface area contributed by atoms with Crippen LogP contribution in [0.25, 0.3) is 0 Å². The van der Waals surface area contributed by atoms with E-state index in [1.807, 2.05) is 45.0 Å². The maximum atomic E-state index is 6.52. The van der Waals surface area contributed by atoms with Crippen molar-refractivity contribution in [1.82, 2.24) is 0 Å². The molecule has 1 aromatic heterocycles. The summed E-state index contributed by atoms with van der Waals surface area (Å²) in [7, 11) is 0. The lowest BCUT2D eigenvalue weighted by Crippen LogP contribution is -2.01. The molecule has 0 aliphatic carbocycles. The first-order valence-corrected chi connectivity index (χ1v) is 6.48. The highest BCUT2D eigenvalue weighted by atomic mass is 35.5. The number of rotatable bonds is 4. The van der Waals surface area contributed by atoms with E-state index >= 15 is 0 Å². The van der Waals surface area contributed by atoms with Crippen molar-refractivity contribution in [3.63, 3.8) is 0 Å². The largest absolute Gasteiger partial charge is 0.494 e. The molecule has 0 aliphatic rings. The molecule has 0 N–H and O–H groups in total. The van der Waals surface area contributed by atoms with Crippen molar-refractivity contribution >= 4 is 11.6 Å². The zero-order valence-electron chi connectivity index (χ0n) is 10.9. The van der Waals surface area contributed by atoms with Gasteiger partial charge in [-0.1, -0.05) is 17.7 Å². The van der Waals surface area contributed by atoms with E-state index in [1.165, 1.54) is 0 Å². The molecule has 3 heteroatoms. The molecule has 1 heterocycles. The number of benzene rings is 1. The van der Waals surface area contributed by atoms with Crippen LogP contribution in [0.5, 0.6) is 5.75 Å². The van der Waals surface area contributed by atoms with E-state index in [1.54, 1.807) is 6.26 Å². The van der Waals surface area contributed by atoms with Crippen LogP contribution >= 0.6 is 11.6 Å². The summed E-state index contributed by atoms with van der Waals surface area (Å²) in [5.74, 6) is 1.60. The summed E-state index contributed by atoms with van der Waals surface area (Å²) in [5, 5.41) is -0.318. The number of halogens is 1. The molecule has 96 valence electrons. The third-order valence-electron chi connectivity index (χ3n) is 2.87. The topological polar surface area (TPSA) is 22.4 Å². The van der Waals surface area contributed by atoms with Gasteiger partial charge in [0.2, 0.25) is 0 Å². The normalized spacial score (nSPS) is 12.4. The van der Waals surface area contributed by atoms with E-state index in [9.17, 15) is 0 Å². The molecule has 2 rings (SSSR count). The molecule has 18 heavy (non-hydrogen) atoms. The van der Waals surface area contributed by atoms with Crippen LogP contribution in [0.15, 0.2) is 34.9 Å². The van der Waals surface area contributed by atoms with Gasteiger partial charge in [-0.3, -0.25) is 0 Å². The van der Waals surface area contributed by atoms with Gasteiger partial charge in [0.15, 0.2) is 0 Å². The van der Waals surface area contributed by atoms with E-state index in [-0.39, 0.29) is 5.38 Å². The molecule has 0 fully saturated rings. The maximum Gasteiger partial charge on any atom is 0.129 e. The van der Waals surface area contributed by atoms with Gasteiger partial charge in [0, 0.05) is 5.56 Å². The van der Waals surface area contributed by atoms with E-state index in [0.29, 0.717) is 6.61 Å². The monoisotopic (exact) mass is 264 g/mol. The van der Waals surface area contributed by atoms with E-state index in [2.05, 4.69) is 0 Å².